The Bertz CT molecular complexity index is 640. The fraction of sp³-hybridized carbons (Fsp3) is 0. The van der Waals surface area contributed by atoms with Crippen LogP contribution in [0.5, 0.6) is 0 Å². The van der Waals surface area contributed by atoms with Crippen molar-refractivity contribution in [2.45, 2.75) is 0 Å². The van der Waals surface area contributed by atoms with Crippen LogP contribution in [0.4, 0.5) is 0 Å². The van der Waals surface area contributed by atoms with Gasteiger partial charge >= 0.3 is 0 Å². The number of rotatable bonds is 2. The van der Waals surface area contributed by atoms with Gasteiger partial charge in [0.15, 0.2) is 6.29 Å². The van der Waals surface area contributed by atoms with Crippen molar-refractivity contribution in [2.75, 3.05) is 0 Å². The van der Waals surface area contributed by atoms with Crippen molar-refractivity contribution >= 4 is 11.8 Å². The minimum absolute atomic E-state index is 0.446. The SMILES string of the molecule is O=Cc1ccc2c(-c3ncco3)nccn12. The van der Waals surface area contributed by atoms with Crippen LogP contribution in [0.1, 0.15) is 10.5 Å². The number of aromatic nitrogens is 3. The summed E-state index contributed by atoms with van der Waals surface area (Å²) < 4.78 is 6.94. The van der Waals surface area contributed by atoms with Crippen LogP contribution in [0.3, 0.4) is 0 Å². The highest BCUT2D eigenvalue weighted by Gasteiger charge is 2.11. The molecule has 3 rings (SSSR count). The molecule has 0 bridgehead atoms. The van der Waals surface area contributed by atoms with Crippen molar-refractivity contribution in [1.29, 1.82) is 0 Å². The number of hydrogen-bond donors (Lipinski definition) is 0. The first-order valence-electron chi connectivity index (χ1n) is 4.71. The van der Waals surface area contributed by atoms with Crippen molar-refractivity contribution < 1.29 is 9.21 Å². The Morgan fingerprint density at radius 3 is 2.94 bits per heavy atom. The van der Waals surface area contributed by atoms with Gasteiger partial charge in [0.2, 0.25) is 5.89 Å². The fourth-order valence-electron chi connectivity index (χ4n) is 1.67. The van der Waals surface area contributed by atoms with Gasteiger partial charge in [0, 0.05) is 12.4 Å². The first-order chi connectivity index (χ1) is 7.90. The molecule has 0 saturated heterocycles. The van der Waals surface area contributed by atoms with E-state index in [1.807, 2.05) is 6.07 Å². The topological polar surface area (TPSA) is 60.4 Å². The molecule has 0 saturated carbocycles. The molecule has 3 aromatic heterocycles. The molecule has 0 aliphatic carbocycles. The van der Waals surface area contributed by atoms with E-state index >= 15 is 0 Å². The van der Waals surface area contributed by atoms with Gasteiger partial charge in [-0.1, -0.05) is 0 Å². The maximum atomic E-state index is 10.8. The maximum Gasteiger partial charge on any atom is 0.247 e. The highest BCUT2D eigenvalue weighted by atomic mass is 16.3. The summed E-state index contributed by atoms with van der Waals surface area (Å²) in [6.07, 6.45) is 7.19. The second-order valence-corrected chi connectivity index (χ2v) is 3.24. The highest BCUT2D eigenvalue weighted by molar-refractivity contribution is 5.80. The third-order valence-electron chi connectivity index (χ3n) is 2.37. The molecule has 0 spiro atoms. The van der Waals surface area contributed by atoms with Gasteiger partial charge in [-0.05, 0) is 12.1 Å². The molecule has 0 aliphatic heterocycles. The molecule has 0 aromatic carbocycles. The van der Waals surface area contributed by atoms with Crippen molar-refractivity contribution in [2.24, 2.45) is 0 Å². The van der Waals surface area contributed by atoms with Gasteiger partial charge in [-0.2, -0.15) is 0 Å². The number of oxazole rings is 1. The predicted octanol–water partition coefficient (Wildman–Crippen LogP) is 1.80. The first kappa shape index (κ1) is 8.84. The highest BCUT2D eigenvalue weighted by Crippen LogP contribution is 2.21. The summed E-state index contributed by atoms with van der Waals surface area (Å²) >= 11 is 0. The Balaban J connectivity index is 2.34. The molecule has 0 N–H and O–H groups in total. The third-order valence-corrected chi connectivity index (χ3v) is 2.37. The van der Waals surface area contributed by atoms with Crippen molar-refractivity contribution in [1.82, 2.24) is 14.4 Å². The summed E-state index contributed by atoms with van der Waals surface area (Å²) in [6.45, 7) is 0. The molecule has 0 radical (unpaired) electrons. The van der Waals surface area contributed by atoms with Crippen LogP contribution in [0.2, 0.25) is 0 Å². The summed E-state index contributed by atoms with van der Waals surface area (Å²) in [6, 6.07) is 3.55. The van der Waals surface area contributed by atoms with Gasteiger partial charge in [-0.25, -0.2) is 9.97 Å². The molecule has 3 heterocycles. The van der Waals surface area contributed by atoms with Gasteiger partial charge in [0.25, 0.3) is 0 Å². The fourth-order valence-corrected chi connectivity index (χ4v) is 1.67. The van der Waals surface area contributed by atoms with Gasteiger partial charge < -0.3 is 8.82 Å². The monoisotopic (exact) mass is 213 g/mol. The Labute approximate surface area is 90.4 Å². The molecule has 5 heteroatoms. The van der Waals surface area contributed by atoms with Gasteiger partial charge in [-0.3, -0.25) is 4.79 Å². The molecule has 0 atom stereocenters. The van der Waals surface area contributed by atoms with E-state index in [4.69, 9.17) is 4.42 Å². The number of fused-ring (bicyclic) bond motifs is 1. The van der Waals surface area contributed by atoms with E-state index < -0.39 is 0 Å². The zero-order valence-electron chi connectivity index (χ0n) is 8.20. The van der Waals surface area contributed by atoms with E-state index in [1.54, 1.807) is 29.1 Å². The lowest BCUT2D eigenvalue weighted by Crippen LogP contribution is -1.94. The van der Waals surface area contributed by atoms with Crippen molar-refractivity contribution in [3.8, 4) is 11.6 Å². The average Bonchev–Trinajstić information content (AvgIpc) is 2.97. The molecule has 5 nitrogen and oxygen atoms in total. The first-order valence-corrected chi connectivity index (χ1v) is 4.71. The van der Waals surface area contributed by atoms with E-state index in [1.165, 1.54) is 6.26 Å². The molecule has 3 aromatic rings. The zero-order valence-corrected chi connectivity index (χ0v) is 8.20. The smallest absolute Gasteiger partial charge is 0.247 e. The lowest BCUT2D eigenvalue weighted by Gasteiger charge is -2.00. The Kier molecular flexibility index (Phi) is 1.83. The lowest BCUT2D eigenvalue weighted by molar-refractivity contribution is 0.111. The molecule has 0 aliphatic rings. The van der Waals surface area contributed by atoms with Crippen LogP contribution >= 0.6 is 0 Å². The lowest BCUT2D eigenvalue weighted by atomic mass is 10.3. The van der Waals surface area contributed by atoms with Crippen molar-refractivity contribution in [3.63, 3.8) is 0 Å². The van der Waals surface area contributed by atoms with Crippen LogP contribution in [-0.4, -0.2) is 20.7 Å². The maximum absolute atomic E-state index is 10.8. The summed E-state index contributed by atoms with van der Waals surface area (Å²) in [4.78, 5) is 19.0. The minimum Gasteiger partial charge on any atom is -0.443 e. The molecule has 0 unspecified atom stereocenters. The van der Waals surface area contributed by atoms with E-state index in [-0.39, 0.29) is 0 Å². The average molecular weight is 213 g/mol. The molecule has 16 heavy (non-hydrogen) atoms. The zero-order chi connectivity index (χ0) is 11.0. The van der Waals surface area contributed by atoms with E-state index in [9.17, 15) is 4.79 Å². The van der Waals surface area contributed by atoms with Crippen LogP contribution in [0.15, 0.2) is 41.4 Å². The molecule has 0 fully saturated rings. The largest absolute Gasteiger partial charge is 0.443 e. The summed E-state index contributed by atoms with van der Waals surface area (Å²) in [7, 11) is 0. The number of aldehydes is 1. The molecule has 78 valence electrons. The Hall–Kier alpha value is -2.43. The second kappa shape index (κ2) is 3.30. The van der Waals surface area contributed by atoms with Crippen molar-refractivity contribution in [3.05, 3.63) is 42.7 Å². The quantitative estimate of drug-likeness (QED) is 0.609. The Morgan fingerprint density at radius 1 is 1.25 bits per heavy atom. The summed E-state index contributed by atoms with van der Waals surface area (Å²) in [5.74, 6) is 0.446. The molecule has 0 amide bonds. The standard InChI is InChI=1S/C11H7N3O2/c15-7-8-1-2-9-10(11-13-4-6-16-11)12-3-5-14(8)9/h1-7H. The van der Waals surface area contributed by atoms with Crippen LogP contribution < -0.4 is 0 Å². The minimum atomic E-state index is 0.446. The predicted molar refractivity (Wildman–Crippen MR) is 56.1 cm³/mol. The van der Waals surface area contributed by atoms with Crippen LogP contribution in [-0.2, 0) is 0 Å². The van der Waals surface area contributed by atoms with Crippen LogP contribution in [0.25, 0.3) is 17.1 Å². The van der Waals surface area contributed by atoms with Gasteiger partial charge in [-0.15, -0.1) is 0 Å². The number of carbonyl (C=O) groups excluding carboxylic acids is 1. The molecular weight excluding hydrogens is 206 g/mol. The van der Waals surface area contributed by atoms with Gasteiger partial charge in [0.1, 0.15) is 12.0 Å². The summed E-state index contributed by atoms with van der Waals surface area (Å²) in [5.41, 5.74) is 2.00. The van der Waals surface area contributed by atoms with Crippen LogP contribution in [0, 0.1) is 0 Å². The molecular formula is C11H7N3O2. The second-order valence-electron chi connectivity index (χ2n) is 3.24. The number of carbonyl (C=O) groups is 1. The summed E-state index contributed by atoms with van der Waals surface area (Å²) in [5, 5.41) is 0. The number of hydrogen-bond acceptors (Lipinski definition) is 4. The Morgan fingerprint density at radius 2 is 2.19 bits per heavy atom. The normalized spacial score (nSPS) is 10.8. The van der Waals surface area contributed by atoms with Gasteiger partial charge in [0.05, 0.1) is 17.4 Å². The van der Waals surface area contributed by atoms with E-state index in [2.05, 4.69) is 9.97 Å². The number of nitrogens with zero attached hydrogens (tertiary/aromatic N) is 3. The third kappa shape index (κ3) is 1.15. The van der Waals surface area contributed by atoms with E-state index in [0.717, 1.165) is 11.8 Å². The van der Waals surface area contributed by atoms with E-state index in [0.29, 0.717) is 17.3 Å².